The quantitative estimate of drug-likeness (QED) is 0.717. The molecule has 3 heterocycles. The molecular weight excluding hydrogens is 234 g/mol. The van der Waals surface area contributed by atoms with E-state index in [1.807, 2.05) is 18.2 Å². The van der Waals surface area contributed by atoms with Gasteiger partial charge in [-0.15, -0.1) is 0 Å². The van der Waals surface area contributed by atoms with Crippen LogP contribution in [0, 0.1) is 11.8 Å². The minimum absolute atomic E-state index is 0.352. The molecule has 1 aliphatic carbocycles. The first-order valence-electron chi connectivity index (χ1n) is 7.38. The Kier molecular flexibility index (Phi) is 2.51. The molecule has 3 saturated heterocycles. The van der Waals surface area contributed by atoms with Crippen molar-refractivity contribution in [3.8, 4) is 0 Å². The molecule has 3 unspecified atom stereocenters. The van der Waals surface area contributed by atoms with Crippen molar-refractivity contribution < 1.29 is 4.79 Å². The van der Waals surface area contributed by atoms with Gasteiger partial charge in [-0.2, -0.15) is 0 Å². The van der Waals surface area contributed by atoms with Gasteiger partial charge in [0.15, 0.2) is 5.78 Å². The number of hydrogen-bond donors (Lipinski definition) is 0. The van der Waals surface area contributed by atoms with Crippen LogP contribution in [0.25, 0.3) is 6.08 Å². The lowest BCUT2D eigenvalue weighted by Gasteiger charge is -2.54. The molecule has 1 aromatic carbocycles. The number of ketones is 1. The highest BCUT2D eigenvalue weighted by Crippen LogP contribution is 2.46. The van der Waals surface area contributed by atoms with Gasteiger partial charge < -0.3 is 4.90 Å². The molecule has 4 bridgehead atoms. The molecular formula is C17H19NO. The van der Waals surface area contributed by atoms with Gasteiger partial charge in [0.2, 0.25) is 0 Å². The standard InChI is InChI=1S/C17H19NO/c19-17-10-14-8-13-6-7-15(14)18(11-13)16(17)9-12-4-2-1-3-5-12/h1-5,9,13-15H,6-8,10-11H2. The summed E-state index contributed by atoms with van der Waals surface area (Å²) in [5.41, 5.74) is 2.11. The summed E-state index contributed by atoms with van der Waals surface area (Å²) in [6.45, 7) is 1.10. The molecule has 19 heavy (non-hydrogen) atoms. The van der Waals surface area contributed by atoms with E-state index in [0.29, 0.717) is 17.7 Å². The summed E-state index contributed by atoms with van der Waals surface area (Å²) in [7, 11) is 0. The Bertz CT molecular complexity index is 533. The van der Waals surface area contributed by atoms with Crippen LogP contribution < -0.4 is 0 Å². The van der Waals surface area contributed by atoms with E-state index >= 15 is 0 Å². The molecule has 2 heteroatoms. The van der Waals surface area contributed by atoms with Crippen molar-refractivity contribution in [1.82, 2.24) is 4.90 Å². The van der Waals surface area contributed by atoms with Crippen LogP contribution in [0.5, 0.6) is 0 Å². The van der Waals surface area contributed by atoms with E-state index in [2.05, 4.69) is 23.1 Å². The van der Waals surface area contributed by atoms with Crippen LogP contribution in [0.3, 0.4) is 0 Å². The van der Waals surface area contributed by atoms with Gasteiger partial charge in [0.1, 0.15) is 0 Å². The monoisotopic (exact) mass is 253 g/mol. The lowest BCUT2D eigenvalue weighted by atomic mass is 9.68. The molecule has 1 aromatic rings. The number of carbonyl (C=O) groups excluding carboxylic acids is 1. The summed E-state index contributed by atoms with van der Waals surface area (Å²) >= 11 is 0. The predicted octanol–water partition coefficient (Wildman–Crippen LogP) is 3.10. The minimum Gasteiger partial charge on any atom is -0.365 e. The Morgan fingerprint density at radius 1 is 1.16 bits per heavy atom. The molecule has 0 N–H and O–H groups in total. The van der Waals surface area contributed by atoms with Gasteiger partial charge in [-0.1, -0.05) is 30.3 Å². The molecule has 4 aliphatic rings. The maximum Gasteiger partial charge on any atom is 0.179 e. The number of hydrogen-bond acceptors (Lipinski definition) is 2. The number of benzene rings is 1. The first-order chi connectivity index (χ1) is 9.31. The Morgan fingerprint density at radius 2 is 2.00 bits per heavy atom. The van der Waals surface area contributed by atoms with Crippen molar-refractivity contribution in [2.24, 2.45) is 11.8 Å². The van der Waals surface area contributed by atoms with Gasteiger partial charge in [0, 0.05) is 19.0 Å². The Morgan fingerprint density at radius 3 is 2.79 bits per heavy atom. The number of allylic oxidation sites excluding steroid dienone is 1. The summed E-state index contributed by atoms with van der Waals surface area (Å²) in [5.74, 6) is 1.81. The molecule has 98 valence electrons. The molecule has 1 saturated carbocycles. The molecule has 2 nitrogen and oxygen atoms in total. The van der Waals surface area contributed by atoms with Gasteiger partial charge in [-0.05, 0) is 42.7 Å². The van der Waals surface area contributed by atoms with E-state index in [0.717, 1.165) is 30.1 Å². The second-order valence-corrected chi connectivity index (χ2v) is 6.23. The number of rotatable bonds is 1. The summed E-state index contributed by atoms with van der Waals surface area (Å²) in [6.07, 6.45) is 6.81. The lowest BCUT2D eigenvalue weighted by Crippen LogP contribution is -2.57. The molecule has 0 radical (unpaired) electrons. The van der Waals surface area contributed by atoms with Gasteiger partial charge in [0.25, 0.3) is 0 Å². The zero-order chi connectivity index (χ0) is 12.8. The predicted molar refractivity (Wildman–Crippen MR) is 75.4 cm³/mol. The summed E-state index contributed by atoms with van der Waals surface area (Å²) in [6, 6.07) is 10.9. The molecule has 3 atom stereocenters. The second-order valence-electron chi connectivity index (χ2n) is 6.23. The smallest absolute Gasteiger partial charge is 0.179 e. The van der Waals surface area contributed by atoms with Crippen LogP contribution >= 0.6 is 0 Å². The number of nitrogens with zero attached hydrogens (tertiary/aromatic N) is 1. The molecule has 5 rings (SSSR count). The van der Waals surface area contributed by atoms with Crippen LogP contribution in [-0.2, 0) is 4.79 Å². The molecule has 3 aliphatic heterocycles. The average Bonchev–Trinajstić information content (AvgIpc) is 2.45. The third kappa shape index (κ3) is 1.81. The van der Waals surface area contributed by atoms with E-state index in [9.17, 15) is 4.79 Å². The number of fused-ring (bicyclic) bond motifs is 1. The highest BCUT2D eigenvalue weighted by molar-refractivity contribution is 6.00. The van der Waals surface area contributed by atoms with Crippen LogP contribution in [-0.4, -0.2) is 23.3 Å². The summed E-state index contributed by atoms with van der Waals surface area (Å²) in [5, 5.41) is 0. The summed E-state index contributed by atoms with van der Waals surface area (Å²) < 4.78 is 0. The molecule has 0 spiro atoms. The highest BCUT2D eigenvalue weighted by atomic mass is 16.1. The first kappa shape index (κ1) is 11.3. The zero-order valence-corrected chi connectivity index (χ0v) is 11.1. The SMILES string of the molecule is O=C1CC2CC3CCC2N(C3)C1=Cc1ccccc1. The molecule has 0 aromatic heterocycles. The number of piperidine rings is 3. The van der Waals surface area contributed by atoms with E-state index in [-0.39, 0.29) is 0 Å². The molecule has 4 fully saturated rings. The number of Topliss-reactive ketones (excluding diaryl/α,β-unsaturated/α-hetero) is 1. The van der Waals surface area contributed by atoms with E-state index in [1.165, 1.54) is 19.3 Å². The van der Waals surface area contributed by atoms with Gasteiger partial charge in [-0.3, -0.25) is 4.79 Å². The van der Waals surface area contributed by atoms with Crippen LogP contribution in [0.1, 0.15) is 31.2 Å². The highest BCUT2D eigenvalue weighted by Gasteiger charge is 2.46. The van der Waals surface area contributed by atoms with Crippen molar-refractivity contribution in [3.05, 3.63) is 41.6 Å². The Balaban J connectivity index is 1.71. The second kappa shape index (κ2) is 4.22. The van der Waals surface area contributed by atoms with E-state index < -0.39 is 0 Å². The fraction of sp³-hybridized carbons (Fsp3) is 0.471. The van der Waals surface area contributed by atoms with Crippen molar-refractivity contribution in [3.63, 3.8) is 0 Å². The maximum absolute atomic E-state index is 12.4. The fourth-order valence-corrected chi connectivity index (χ4v) is 4.20. The van der Waals surface area contributed by atoms with Crippen molar-refractivity contribution in [1.29, 1.82) is 0 Å². The van der Waals surface area contributed by atoms with Gasteiger partial charge in [-0.25, -0.2) is 0 Å². The van der Waals surface area contributed by atoms with Gasteiger partial charge >= 0.3 is 0 Å². The van der Waals surface area contributed by atoms with E-state index in [4.69, 9.17) is 0 Å². The van der Waals surface area contributed by atoms with Crippen molar-refractivity contribution in [2.45, 2.75) is 31.7 Å². The average molecular weight is 253 g/mol. The topological polar surface area (TPSA) is 20.3 Å². The normalized spacial score (nSPS) is 34.9. The fourth-order valence-electron chi connectivity index (χ4n) is 4.20. The van der Waals surface area contributed by atoms with Gasteiger partial charge in [0.05, 0.1) is 5.70 Å². The van der Waals surface area contributed by atoms with Crippen molar-refractivity contribution >= 4 is 11.9 Å². The Labute approximate surface area is 114 Å². The van der Waals surface area contributed by atoms with Crippen molar-refractivity contribution in [2.75, 3.05) is 6.54 Å². The Hall–Kier alpha value is -1.57. The summed E-state index contributed by atoms with van der Waals surface area (Å²) in [4.78, 5) is 14.8. The zero-order valence-electron chi connectivity index (χ0n) is 11.1. The van der Waals surface area contributed by atoms with Crippen LogP contribution in [0.4, 0.5) is 0 Å². The third-order valence-electron chi connectivity index (χ3n) is 5.05. The maximum atomic E-state index is 12.4. The largest absolute Gasteiger partial charge is 0.365 e. The van der Waals surface area contributed by atoms with Crippen LogP contribution in [0.2, 0.25) is 0 Å². The first-order valence-corrected chi connectivity index (χ1v) is 7.38. The minimum atomic E-state index is 0.352. The molecule has 0 amide bonds. The number of carbonyl (C=O) groups is 1. The van der Waals surface area contributed by atoms with E-state index in [1.54, 1.807) is 0 Å². The van der Waals surface area contributed by atoms with Crippen LogP contribution in [0.15, 0.2) is 36.0 Å². The lowest BCUT2D eigenvalue weighted by molar-refractivity contribution is -0.126. The third-order valence-corrected chi connectivity index (χ3v) is 5.05.